The molecule has 0 saturated heterocycles. The minimum atomic E-state index is -3.98. The first kappa shape index (κ1) is 63.8. The van der Waals surface area contributed by atoms with Crippen LogP contribution in [0.4, 0.5) is 22.7 Å². The van der Waals surface area contributed by atoms with Crippen LogP contribution in [0.15, 0.2) is 161 Å². The maximum Gasteiger partial charge on any atom is 0.303 e. The van der Waals surface area contributed by atoms with E-state index in [1.807, 2.05) is 21.1 Å². The molecule has 34 heteroatoms. The Morgan fingerprint density at radius 2 is 0.671 bits per heavy atom. The summed E-state index contributed by atoms with van der Waals surface area (Å²) in [5.41, 5.74) is 0.00464. The molecular weight excluding hydrogens is 1130 g/mol. The van der Waals surface area contributed by atoms with E-state index in [1.54, 1.807) is 22.9 Å². The van der Waals surface area contributed by atoms with E-state index < -0.39 is 83.8 Å². The molecule has 418 valence electrons. The van der Waals surface area contributed by atoms with Gasteiger partial charge in [0.15, 0.2) is 0 Å². The lowest BCUT2D eigenvalue weighted by Gasteiger charge is -2.11. The molecule has 6 rings (SSSR count). The number of aryl methyl sites for hydroxylation is 1. The zero-order chi connectivity index (χ0) is 59.6. The third-order valence-electron chi connectivity index (χ3n) is 9.58. The predicted octanol–water partition coefficient (Wildman–Crippen LogP) is 4.00. The Balaban J connectivity index is 0.000000278. The molecule has 0 unspecified atom stereocenters. The van der Waals surface area contributed by atoms with Crippen LogP contribution in [0.1, 0.15) is 47.0 Å². The third-order valence-corrected chi connectivity index (χ3v) is 15.1. The lowest BCUT2D eigenvalue weighted by atomic mass is 10.2. The van der Waals surface area contributed by atoms with E-state index in [9.17, 15) is 93.3 Å². The summed E-state index contributed by atoms with van der Waals surface area (Å²) in [7, 11) is -10.7. The Morgan fingerprint density at radius 3 is 0.987 bits per heavy atom. The molecule has 30 nitrogen and oxygen atoms in total. The topological polar surface area (TPSA) is 432 Å². The van der Waals surface area contributed by atoms with Crippen LogP contribution in [0.2, 0.25) is 0 Å². The van der Waals surface area contributed by atoms with Gasteiger partial charge in [0, 0.05) is 99.0 Å². The molecule has 0 aliphatic rings. The van der Waals surface area contributed by atoms with Crippen LogP contribution in [0.25, 0.3) is 0 Å². The van der Waals surface area contributed by atoms with E-state index in [-0.39, 0.29) is 54.8 Å². The van der Waals surface area contributed by atoms with Gasteiger partial charge in [-0.15, -0.1) is 0 Å². The van der Waals surface area contributed by atoms with E-state index in [1.165, 1.54) is 119 Å². The molecule has 6 aromatic carbocycles. The fourth-order valence-electron chi connectivity index (χ4n) is 5.30. The van der Waals surface area contributed by atoms with Crippen molar-refractivity contribution in [2.24, 2.45) is 0 Å². The Morgan fingerprint density at radius 1 is 0.367 bits per heavy atom. The second-order valence-corrected chi connectivity index (χ2v) is 22.8. The van der Waals surface area contributed by atoms with Crippen molar-refractivity contribution in [3.63, 3.8) is 0 Å². The average Bonchev–Trinajstić information content (AvgIpc) is 3.39. The quantitative estimate of drug-likeness (QED) is 0.0785. The molecule has 4 N–H and O–H groups in total. The summed E-state index contributed by atoms with van der Waals surface area (Å²) in [5, 5.41) is 42.0. The van der Waals surface area contributed by atoms with Gasteiger partial charge in [0.05, 0.1) is 29.5 Å². The van der Waals surface area contributed by atoms with Gasteiger partial charge in [-0.25, -0.2) is 35.7 Å². The summed E-state index contributed by atoms with van der Waals surface area (Å²) in [6.07, 6.45) is 0. The monoisotopic (exact) mass is 1170 g/mol. The van der Waals surface area contributed by atoms with E-state index in [4.69, 9.17) is 0 Å². The summed E-state index contributed by atoms with van der Waals surface area (Å²) in [6, 6.07) is 32.1. The summed E-state index contributed by atoms with van der Waals surface area (Å²) >= 11 is 0. The van der Waals surface area contributed by atoms with Gasteiger partial charge in [-0.2, -0.15) is 25.4 Å². The number of hydrogen-bond donors (Lipinski definition) is 4. The largest absolute Gasteiger partial charge is 0.303 e. The number of amides is 4. The fraction of sp³-hybridized carbons (Fsp3) is 0.111. The molecular formula is C45H44N10O20S4. The number of rotatable bonds is 16. The number of carbonyl (C=O) groups excluding carboxylic acids is 4. The van der Waals surface area contributed by atoms with Crippen molar-refractivity contribution in [1.29, 1.82) is 0 Å². The number of nitrogens with zero attached hydrogens (tertiary/aromatic N) is 6. The Kier molecular flexibility index (Phi) is 22.2. The van der Waals surface area contributed by atoms with Crippen molar-refractivity contribution in [3.8, 4) is 0 Å². The van der Waals surface area contributed by atoms with Crippen molar-refractivity contribution in [3.05, 3.63) is 220 Å². The maximum absolute atomic E-state index is 12.1. The minimum absolute atomic E-state index is 0.0140. The van der Waals surface area contributed by atoms with E-state index in [0.29, 0.717) is 0 Å². The van der Waals surface area contributed by atoms with Crippen molar-refractivity contribution in [2.75, 3.05) is 28.2 Å². The number of benzene rings is 6. The summed E-state index contributed by atoms with van der Waals surface area (Å²) in [5.74, 6) is -3.48. The predicted molar refractivity (Wildman–Crippen MR) is 279 cm³/mol. The van der Waals surface area contributed by atoms with Gasteiger partial charge in [0.2, 0.25) is 0 Å². The highest BCUT2D eigenvalue weighted by atomic mass is 32.2. The first-order valence-electron chi connectivity index (χ1n) is 21.4. The summed E-state index contributed by atoms with van der Waals surface area (Å²) < 4.78 is 103. The van der Waals surface area contributed by atoms with Crippen LogP contribution >= 0.6 is 0 Å². The molecule has 0 aromatic heterocycles. The van der Waals surface area contributed by atoms with Crippen LogP contribution in [0.3, 0.4) is 0 Å². The van der Waals surface area contributed by atoms with Crippen molar-refractivity contribution in [2.45, 2.75) is 16.7 Å². The van der Waals surface area contributed by atoms with E-state index in [0.717, 1.165) is 56.6 Å². The number of nitro benzene ring substituents is 4. The number of non-ortho nitro benzene ring substituents is 4. The molecule has 0 atom stereocenters. The Bertz CT molecular complexity index is 3700. The molecule has 0 aliphatic carbocycles. The molecule has 0 fully saturated rings. The van der Waals surface area contributed by atoms with Crippen LogP contribution in [0, 0.1) is 47.4 Å². The zero-order valence-electron chi connectivity index (χ0n) is 41.4. The SMILES string of the molecule is CN(C)S(=O)(=O)NC(=O)c1ccc([N+](=O)[O-])cc1.CN(C)S(=O)(=O)NC(=O)c1cccc([N+](=O)[O-])c1.Cc1ccc(S(=O)(=O)NC(=O)c2ccc([N+](=O)[O-])cc2)cc1.O=C(NS(=O)(=O)c1ccccc1)c1ccc([N+](=O)[O-])cc1. The van der Waals surface area contributed by atoms with Gasteiger partial charge in [0.25, 0.3) is 66.4 Å². The fourth-order valence-corrected chi connectivity index (χ4v) is 8.33. The normalized spacial score (nSPS) is 11.1. The molecule has 0 heterocycles. The van der Waals surface area contributed by atoms with Crippen LogP contribution in [-0.2, 0) is 40.5 Å². The number of nitro groups is 4. The lowest BCUT2D eigenvalue weighted by molar-refractivity contribution is -0.385. The molecule has 0 bridgehead atoms. The Labute approximate surface area is 449 Å². The smallest absolute Gasteiger partial charge is 0.268 e. The zero-order valence-corrected chi connectivity index (χ0v) is 44.7. The minimum Gasteiger partial charge on any atom is -0.268 e. The highest BCUT2D eigenvalue weighted by Gasteiger charge is 2.23. The van der Waals surface area contributed by atoms with E-state index in [2.05, 4.69) is 0 Å². The van der Waals surface area contributed by atoms with Crippen molar-refractivity contribution < 1.29 is 72.5 Å². The molecule has 6 aromatic rings. The van der Waals surface area contributed by atoms with Gasteiger partial charge in [-0.3, -0.25) is 59.6 Å². The first-order valence-corrected chi connectivity index (χ1v) is 27.2. The highest BCUT2D eigenvalue weighted by molar-refractivity contribution is 7.90. The van der Waals surface area contributed by atoms with Gasteiger partial charge in [-0.1, -0.05) is 42.0 Å². The van der Waals surface area contributed by atoms with Crippen molar-refractivity contribution >= 4 is 86.8 Å². The summed E-state index contributed by atoms with van der Waals surface area (Å²) in [4.78, 5) is 86.3. The second-order valence-electron chi connectivity index (χ2n) is 15.7. The number of sulfonamides is 2. The van der Waals surface area contributed by atoms with Crippen LogP contribution < -0.4 is 18.9 Å². The standard InChI is InChI=1S/C14H12N2O5S.C13H10N2O5S.2C9H11N3O5S/c1-10-2-8-13(9-3-10)22(20,21)15-14(17)11-4-6-12(7-5-11)16(18)19;16-13(10-6-8-11(9-7-10)15(17)18)14-21(19,20)12-4-2-1-3-5-12;1-11(2)18(16,17)10-9(13)7-3-5-8(6-4-7)12(14)15;1-11(2)18(16,17)10-9(13)7-4-3-5-8(6-7)12(14)15/h2-9H,1H3,(H,15,17);1-9H,(H,14,16);2*3-6H,1-2H3,(H,10,13). The highest BCUT2D eigenvalue weighted by Crippen LogP contribution is 2.17. The molecule has 0 saturated carbocycles. The molecule has 79 heavy (non-hydrogen) atoms. The molecule has 0 spiro atoms. The number of hydrogen-bond acceptors (Lipinski definition) is 20. The molecule has 4 amide bonds. The van der Waals surface area contributed by atoms with Crippen LogP contribution in [-0.4, -0.2) is 114 Å². The second kappa shape index (κ2) is 27.5. The van der Waals surface area contributed by atoms with E-state index >= 15 is 0 Å². The third kappa shape index (κ3) is 19.6. The number of carbonyl (C=O) groups is 4. The van der Waals surface area contributed by atoms with Crippen molar-refractivity contribution in [1.82, 2.24) is 27.5 Å². The van der Waals surface area contributed by atoms with Gasteiger partial charge in [-0.05, 0) is 73.7 Å². The van der Waals surface area contributed by atoms with Gasteiger partial charge < -0.3 is 0 Å². The average molecular weight is 1170 g/mol. The lowest BCUT2D eigenvalue weighted by Crippen LogP contribution is -2.39. The summed E-state index contributed by atoms with van der Waals surface area (Å²) in [6.45, 7) is 1.81. The maximum atomic E-state index is 12.1. The number of nitrogens with one attached hydrogen (secondary N) is 4. The van der Waals surface area contributed by atoms with Gasteiger partial charge >= 0.3 is 20.4 Å². The first-order chi connectivity index (χ1) is 36.7. The Hall–Kier alpha value is -9.48. The van der Waals surface area contributed by atoms with Gasteiger partial charge in [0.1, 0.15) is 0 Å². The molecule has 0 aliphatic heterocycles. The molecule has 0 radical (unpaired) electrons. The van der Waals surface area contributed by atoms with Crippen LogP contribution in [0.5, 0.6) is 0 Å².